The Morgan fingerprint density at radius 3 is 3.15 bits per heavy atom. The Morgan fingerprint density at radius 1 is 1.45 bits per heavy atom. The number of carbonyl (C=O) groups is 1. The maximum Gasteiger partial charge on any atom is 0.255 e. The summed E-state index contributed by atoms with van der Waals surface area (Å²) in [4.78, 5) is 14.4. The first-order valence-electron chi connectivity index (χ1n) is 7.16. The first kappa shape index (κ1) is 13.4. The Kier molecular flexibility index (Phi) is 3.89. The van der Waals surface area contributed by atoms with Crippen molar-refractivity contribution >= 4 is 5.91 Å². The molecule has 2 saturated heterocycles. The van der Waals surface area contributed by atoms with Gasteiger partial charge in [-0.25, -0.2) is 0 Å². The standard InChI is InChI=1S/C15H20N2O3/c18-14-6-2-1-5-13(14)15(19)16-8-12-9-17-7-3-4-11(17)10-20-12/h1-2,5-6,11-12,18H,3-4,7-10H2,(H,16,19). The minimum absolute atomic E-state index is 0.00849. The van der Waals surface area contributed by atoms with Crippen molar-refractivity contribution in [3.63, 3.8) is 0 Å². The molecular weight excluding hydrogens is 256 g/mol. The SMILES string of the molecule is O=C(NCC1CN2CCCC2CO1)c1ccccc1O. The molecule has 3 rings (SSSR count). The van der Waals surface area contributed by atoms with E-state index < -0.39 is 0 Å². The second-order valence-electron chi connectivity index (χ2n) is 5.47. The van der Waals surface area contributed by atoms with Crippen LogP contribution in [0, 0.1) is 0 Å². The minimum Gasteiger partial charge on any atom is -0.507 e. The van der Waals surface area contributed by atoms with Crippen LogP contribution in [0.2, 0.25) is 0 Å². The number of nitrogens with one attached hydrogen (secondary N) is 1. The van der Waals surface area contributed by atoms with E-state index in [1.807, 2.05) is 0 Å². The van der Waals surface area contributed by atoms with E-state index in [1.54, 1.807) is 18.2 Å². The Morgan fingerprint density at radius 2 is 2.30 bits per heavy atom. The number of hydrogen-bond acceptors (Lipinski definition) is 4. The highest BCUT2D eigenvalue weighted by atomic mass is 16.5. The van der Waals surface area contributed by atoms with Gasteiger partial charge in [-0.3, -0.25) is 9.69 Å². The number of amides is 1. The van der Waals surface area contributed by atoms with Crippen LogP contribution in [0.3, 0.4) is 0 Å². The van der Waals surface area contributed by atoms with Crippen LogP contribution in [0.4, 0.5) is 0 Å². The molecule has 20 heavy (non-hydrogen) atoms. The predicted molar refractivity (Wildman–Crippen MR) is 74.8 cm³/mol. The van der Waals surface area contributed by atoms with Crippen molar-refractivity contribution in [2.24, 2.45) is 0 Å². The third-order valence-electron chi connectivity index (χ3n) is 4.10. The lowest BCUT2D eigenvalue weighted by Gasteiger charge is -2.35. The topological polar surface area (TPSA) is 61.8 Å². The number of rotatable bonds is 3. The number of para-hydroxylation sites is 1. The van der Waals surface area contributed by atoms with Crippen LogP contribution in [0.15, 0.2) is 24.3 Å². The molecule has 0 aromatic heterocycles. The molecule has 0 spiro atoms. The third-order valence-corrected chi connectivity index (χ3v) is 4.10. The summed E-state index contributed by atoms with van der Waals surface area (Å²) in [5.41, 5.74) is 0.308. The molecule has 2 fully saturated rings. The number of benzene rings is 1. The summed E-state index contributed by atoms with van der Waals surface area (Å²) in [6.07, 6.45) is 2.50. The molecule has 108 valence electrons. The number of carbonyl (C=O) groups excluding carboxylic acids is 1. The highest BCUT2D eigenvalue weighted by Crippen LogP contribution is 2.22. The molecule has 1 amide bonds. The highest BCUT2D eigenvalue weighted by Gasteiger charge is 2.32. The minimum atomic E-state index is -0.254. The summed E-state index contributed by atoms with van der Waals surface area (Å²) in [6, 6.07) is 7.13. The van der Waals surface area contributed by atoms with Crippen LogP contribution in [-0.4, -0.2) is 54.3 Å². The van der Waals surface area contributed by atoms with Crippen LogP contribution in [0.5, 0.6) is 5.75 Å². The maximum absolute atomic E-state index is 12.0. The molecule has 5 heteroatoms. The van der Waals surface area contributed by atoms with Crippen molar-refractivity contribution in [1.82, 2.24) is 10.2 Å². The summed E-state index contributed by atoms with van der Waals surface area (Å²) in [5.74, 6) is -0.246. The lowest BCUT2D eigenvalue weighted by atomic mass is 10.1. The lowest BCUT2D eigenvalue weighted by Crippen LogP contribution is -2.50. The van der Waals surface area contributed by atoms with Crippen LogP contribution in [0.1, 0.15) is 23.2 Å². The first-order valence-corrected chi connectivity index (χ1v) is 7.16. The van der Waals surface area contributed by atoms with E-state index in [0.29, 0.717) is 18.2 Å². The molecule has 1 aromatic rings. The van der Waals surface area contributed by atoms with Crippen molar-refractivity contribution in [1.29, 1.82) is 0 Å². The van der Waals surface area contributed by atoms with Gasteiger partial charge < -0.3 is 15.2 Å². The van der Waals surface area contributed by atoms with Gasteiger partial charge in [0.1, 0.15) is 5.75 Å². The van der Waals surface area contributed by atoms with Crippen LogP contribution >= 0.6 is 0 Å². The number of ether oxygens (including phenoxy) is 1. The summed E-state index contributed by atoms with van der Waals surface area (Å²) >= 11 is 0. The van der Waals surface area contributed by atoms with Gasteiger partial charge in [0.25, 0.3) is 5.91 Å². The van der Waals surface area contributed by atoms with E-state index in [4.69, 9.17) is 4.74 Å². The van der Waals surface area contributed by atoms with Crippen molar-refractivity contribution in [2.45, 2.75) is 25.0 Å². The van der Waals surface area contributed by atoms with Gasteiger partial charge in [-0.05, 0) is 31.5 Å². The number of fused-ring (bicyclic) bond motifs is 1. The number of phenols is 1. The quantitative estimate of drug-likeness (QED) is 0.864. The van der Waals surface area contributed by atoms with E-state index >= 15 is 0 Å². The summed E-state index contributed by atoms with van der Waals surface area (Å²) in [5, 5.41) is 12.5. The fraction of sp³-hybridized carbons (Fsp3) is 0.533. The van der Waals surface area contributed by atoms with Crippen molar-refractivity contribution in [3.05, 3.63) is 29.8 Å². The van der Waals surface area contributed by atoms with Crippen molar-refractivity contribution < 1.29 is 14.6 Å². The summed E-state index contributed by atoms with van der Waals surface area (Å²) in [6.45, 7) is 3.26. The smallest absolute Gasteiger partial charge is 0.255 e. The number of hydrogen-bond donors (Lipinski definition) is 2. The van der Waals surface area contributed by atoms with E-state index in [-0.39, 0.29) is 17.8 Å². The zero-order valence-corrected chi connectivity index (χ0v) is 11.4. The van der Waals surface area contributed by atoms with Gasteiger partial charge in [0.15, 0.2) is 0 Å². The monoisotopic (exact) mass is 276 g/mol. The molecule has 2 N–H and O–H groups in total. The molecule has 0 radical (unpaired) electrons. The lowest BCUT2D eigenvalue weighted by molar-refractivity contribution is -0.0461. The third kappa shape index (κ3) is 2.78. The highest BCUT2D eigenvalue weighted by molar-refractivity contribution is 5.96. The normalized spacial score (nSPS) is 26.2. The number of phenolic OH excluding ortho intramolecular Hbond substituents is 1. The Balaban J connectivity index is 1.52. The van der Waals surface area contributed by atoms with Gasteiger partial charge >= 0.3 is 0 Å². The van der Waals surface area contributed by atoms with Gasteiger partial charge in [-0.15, -0.1) is 0 Å². The molecule has 5 nitrogen and oxygen atoms in total. The average molecular weight is 276 g/mol. The zero-order chi connectivity index (χ0) is 13.9. The maximum atomic E-state index is 12.0. The van der Waals surface area contributed by atoms with Gasteiger partial charge in [-0.2, -0.15) is 0 Å². The van der Waals surface area contributed by atoms with E-state index in [1.165, 1.54) is 18.9 Å². The second-order valence-corrected chi connectivity index (χ2v) is 5.47. The summed E-state index contributed by atoms with van der Waals surface area (Å²) < 4.78 is 5.79. The first-order chi connectivity index (χ1) is 9.74. The molecule has 2 heterocycles. The summed E-state index contributed by atoms with van der Waals surface area (Å²) in [7, 11) is 0. The Bertz CT molecular complexity index is 492. The largest absolute Gasteiger partial charge is 0.507 e. The fourth-order valence-corrected chi connectivity index (χ4v) is 2.98. The molecule has 0 aliphatic carbocycles. The number of aromatic hydroxyl groups is 1. The molecule has 0 saturated carbocycles. The van der Waals surface area contributed by atoms with Crippen LogP contribution in [-0.2, 0) is 4.74 Å². The van der Waals surface area contributed by atoms with Crippen LogP contribution < -0.4 is 5.32 Å². The van der Waals surface area contributed by atoms with E-state index in [9.17, 15) is 9.90 Å². The number of morpholine rings is 1. The molecule has 1 aromatic carbocycles. The predicted octanol–water partition coefficient (Wildman–Crippen LogP) is 0.985. The van der Waals surface area contributed by atoms with E-state index in [0.717, 1.165) is 19.7 Å². The Hall–Kier alpha value is -1.59. The molecular formula is C15H20N2O3. The molecule has 2 aliphatic heterocycles. The second kappa shape index (κ2) is 5.81. The van der Waals surface area contributed by atoms with Crippen molar-refractivity contribution in [3.8, 4) is 5.75 Å². The van der Waals surface area contributed by atoms with Gasteiger partial charge in [-0.1, -0.05) is 12.1 Å². The molecule has 0 bridgehead atoms. The zero-order valence-electron chi connectivity index (χ0n) is 11.4. The Labute approximate surface area is 118 Å². The number of nitrogens with zero attached hydrogens (tertiary/aromatic N) is 1. The average Bonchev–Trinajstić information content (AvgIpc) is 2.92. The van der Waals surface area contributed by atoms with Gasteiger partial charge in [0.2, 0.25) is 0 Å². The van der Waals surface area contributed by atoms with Crippen molar-refractivity contribution in [2.75, 3.05) is 26.2 Å². The molecule has 2 atom stereocenters. The fourth-order valence-electron chi connectivity index (χ4n) is 2.98. The van der Waals surface area contributed by atoms with E-state index in [2.05, 4.69) is 10.2 Å². The van der Waals surface area contributed by atoms with Crippen LogP contribution in [0.25, 0.3) is 0 Å². The molecule has 2 unspecified atom stereocenters. The molecule has 2 aliphatic rings. The van der Waals surface area contributed by atoms with Gasteiger partial charge in [0, 0.05) is 19.1 Å². The van der Waals surface area contributed by atoms with Gasteiger partial charge in [0.05, 0.1) is 18.3 Å².